The van der Waals surface area contributed by atoms with Crippen molar-refractivity contribution in [2.45, 2.75) is 40.0 Å². The molecule has 0 unspecified atom stereocenters. The smallest absolute Gasteiger partial charge is 0.282 e. The van der Waals surface area contributed by atoms with Gasteiger partial charge in [-0.3, -0.25) is 10.1 Å². The third-order valence-corrected chi connectivity index (χ3v) is 18.1. The molecule has 0 saturated carbocycles. The average Bonchev–Trinajstić information content (AvgIpc) is 0.783. The van der Waals surface area contributed by atoms with Crippen LogP contribution in [0.5, 0.6) is 86.2 Å². The van der Waals surface area contributed by atoms with Gasteiger partial charge >= 0.3 is 0 Å². The highest BCUT2D eigenvalue weighted by molar-refractivity contribution is 5.93. The van der Waals surface area contributed by atoms with Gasteiger partial charge in [-0.15, -0.1) is 6.42 Å². The van der Waals surface area contributed by atoms with Crippen LogP contribution in [0, 0.1) is 73.7 Å². The van der Waals surface area contributed by atoms with Crippen molar-refractivity contribution in [1.82, 2.24) is 15.3 Å². The van der Waals surface area contributed by atoms with E-state index in [0.29, 0.717) is 130 Å². The Labute approximate surface area is 766 Å². The Kier molecular flexibility index (Phi) is 41.9. The molecular formula is C103H94N12O17. The standard InChI is InChI=1S/C24H19N3O2.C16H15NO2.C15H12N2O4.C15H14N2O2.C15H13NO2.C8H7NO2.C8H10O3.C2H4N2/c1-3-17-10-7-11-19(12-17)27-24-20-13-23(29-15-18-8-5-4-6-9-18)22(28-2)14-21(20)25-16-26-24;1-12-9-15(18-3)16(10-14(12)17-2)19-11-13-7-5-4-6-8-13;1-16-12-8-15(14(20-2)9-13(12)17(18)19)21-10-11-6-4-3-5-7-11;1-17-13-9-15(14(18-2)8-12(13)16)19-10-11-6-4-3-5-7-11;1-16-13-8-9-14(17-2)15(10-13)18-11-12-6-4-3-5-7-12;1-9-6-3-4-8(11-2)7(10)5-6;1-10-6-3-4-8(11-2)7(9)5-6;1-4-2-3/h1,4-14,16H,15H2,2H3,(H,25,26,27);4-10H,11H2,1,3H3;3-9H,10H2,2H3;3-9H,10,16H2,2H3;3-10H,11H2,2H3;3-5,10H,2H3;3-5,9H,1-2H3;4H,1H3. The molecule has 1 aromatic heterocycles. The van der Waals surface area contributed by atoms with Crippen molar-refractivity contribution in [1.29, 1.82) is 5.26 Å². The zero-order chi connectivity index (χ0) is 95.4. The first kappa shape index (κ1) is 101. The number of anilines is 3. The number of methoxy groups -OCH3 is 8. The van der Waals surface area contributed by atoms with E-state index in [2.05, 4.69) is 50.7 Å². The number of rotatable bonds is 26. The number of aryl methyl sites for hydroxylation is 1. The molecule has 0 aliphatic carbocycles. The van der Waals surface area contributed by atoms with Gasteiger partial charge in [-0.05, 0) is 131 Å². The first-order valence-corrected chi connectivity index (χ1v) is 39.6. The van der Waals surface area contributed by atoms with Gasteiger partial charge in [-0.1, -0.05) is 176 Å². The molecule has 14 rings (SSSR count). The monoisotopic (exact) mass is 1770 g/mol. The van der Waals surface area contributed by atoms with E-state index in [-0.39, 0.29) is 35.2 Å². The Morgan fingerprint density at radius 1 is 0.417 bits per heavy atom. The van der Waals surface area contributed by atoms with E-state index in [1.54, 1.807) is 109 Å². The molecule has 13 aromatic carbocycles. The average molecular weight is 1770 g/mol. The van der Waals surface area contributed by atoms with Crippen molar-refractivity contribution in [2.75, 3.05) is 75.0 Å². The topological polar surface area (TPSA) is 325 Å². The fourth-order valence-electron chi connectivity index (χ4n) is 11.4. The number of ether oxygens (including phenoxy) is 13. The maximum absolute atomic E-state index is 10.9. The van der Waals surface area contributed by atoms with Crippen molar-refractivity contribution in [3.05, 3.63) is 392 Å². The summed E-state index contributed by atoms with van der Waals surface area (Å²) in [6.45, 7) is 38.8. The lowest BCUT2D eigenvalue weighted by Crippen LogP contribution is -2.00. The number of benzene rings is 13. The van der Waals surface area contributed by atoms with Crippen molar-refractivity contribution in [2.24, 2.45) is 0 Å². The van der Waals surface area contributed by atoms with Crippen LogP contribution in [0.2, 0.25) is 0 Å². The highest BCUT2D eigenvalue weighted by Gasteiger charge is 2.21. The minimum atomic E-state index is -0.614. The second-order valence-electron chi connectivity index (χ2n) is 26.7. The number of hydrogen-bond acceptors (Lipinski definition) is 23. The molecule has 6 N–H and O–H groups in total. The zero-order valence-electron chi connectivity index (χ0n) is 73.9. The number of nitrogens with two attached hydrogens (primary N) is 1. The SMILES string of the molecule is C#Cc1cccc(Nc2ncnc3cc(OC)c(OCc4ccccc4)cc23)c1.CNC#N.COc1ccc(OC)c(O)c1.[C-]#[N+]c1cc(OCc2ccccc2)c(OC)cc1C.[C-]#[N+]c1cc(OCc2ccccc2)c(OC)cc1N.[C-]#[N+]c1cc(OCc2ccccc2)c(OC)cc1[N+](=O)[O-].[C-]#[N+]c1ccc(OC)c(O)c1.[C-]#[N+]c1ccc(OC)c(OCc2ccccc2)c1. The molecule has 1 heterocycles. The number of nitrogens with zero attached hydrogens (tertiary/aromatic N) is 9. The quantitative estimate of drug-likeness (QED) is 0.00639. The number of nitrogen functional groups attached to an aromatic ring is 1. The highest BCUT2D eigenvalue weighted by atomic mass is 16.6. The van der Waals surface area contributed by atoms with Gasteiger partial charge in [0.2, 0.25) is 5.69 Å². The lowest BCUT2D eigenvalue weighted by Gasteiger charge is -2.14. The van der Waals surface area contributed by atoms with Gasteiger partial charge in [0, 0.05) is 41.5 Å². The number of phenolic OH excluding ortho intramolecular Hbond substituents is 2. The number of nitro groups is 1. The van der Waals surface area contributed by atoms with Gasteiger partial charge in [0.1, 0.15) is 56.7 Å². The first-order chi connectivity index (χ1) is 64.2. The van der Waals surface area contributed by atoms with Crippen LogP contribution in [-0.2, 0) is 33.0 Å². The fraction of sp³-hybridized carbons (Fsp3) is 0.146. The summed E-state index contributed by atoms with van der Waals surface area (Å²) in [4.78, 5) is 35.6. The van der Waals surface area contributed by atoms with Crippen LogP contribution < -0.4 is 77.9 Å². The Morgan fingerprint density at radius 3 is 1.20 bits per heavy atom. The summed E-state index contributed by atoms with van der Waals surface area (Å²) >= 11 is 0. The summed E-state index contributed by atoms with van der Waals surface area (Å²) in [5.74, 6) is 10.1. The molecular weight excluding hydrogens is 1680 g/mol. The molecule has 0 atom stereocenters. The lowest BCUT2D eigenvalue weighted by atomic mass is 10.2. The maximum Gasteiger partial charge on any atom is 0.282 e. The van der Waals surface area contributed by atoms with Crippen LogP contribution in [0.25, 0.3) is 35.1 Å². The zero-order valence-corrected chi connectivity index (χ0v) is 73.9. The van der Waals surface area contributed by atoms with Crippen LogP contribution in [0.4, 0.5) is 51.3 Å². The van der Waals surface area contributed by atoms with Crippen molar-refractivity contribution in [3.63, 3.8) is 0 Å². The number of aromatic nitrogens is 2. The van der Waals surface area contributed by atoms with Gasteiger partial charge in [-0.25, -0.2) is 34.2 Å². The second kappa shape index (κ2) is 55.0. The normalized spacial score (nSPS) is 9.54. The third-order valence-electron chi connectivity index (χ3n) is 18.1. The lowest BCUT2D eigenvalue weighted by molar-refractivity contribution is -0.383. The van der Waals surface area contributed by atoms with E-state index in [0.717, 1.165) is 55.5 Å². The number of phenols is 2. The second-order valence-corrected chi connectivity index (χ2v) is 26.7. The minimum absolute atomic E-state index is 0.000926. The van der Waals surface area contributed by atoms with E-state index in [4.69, 9.17) is 117 Å². The predicted octanol–water partition coefficient (Wildman–Crippen LogP) is 23.1. The first-order valence-electron chi connectivity index (χ1n) is 39.6. The molecule has 0 aliphatic rings. The summed E-state index contributed by atoms with van der Waals surface area (Å²) < 4.78 is 69.5. The summed E-state index contributed by atoms with van der Waals surface area (Å²) in [6.07, 6.45) is 8.70. The maximum atomic E-state index is 10.9. The Hall–Kier alpha value is -18.5. The molecule has 132 heavy (non-hydrogen) atoms. The van der Waals surface area contributed by atoms with E-state index in [1.165, 1.54) is 51.9 Å². The van der Waals surface area contributed by atoms with Gasteiger partial charge < -0.3 is 88.2 Å². The molecule has 29 heteroatoms. The molecule has 29 nitrogen and oxygen atoms in total. The number of nitro benzene ring substituents is 1. The van der Waals surface area contributed by atoms with Crippen LogP contribution in [0.1, 0.15) is 38.9 Å². The number of hydrogen-bond donors (Lipinski definition) is 5. The van der Waals surface area contributed by atoms with Crippen LogP contribution in [0.15, 0.2) is 285 Å². The number of nitrogens with one attached hydrogen (secondary N) is 2. The largest absolute Gasteiger partial charge is 0.505 e. The highest BCUT2D eigenvalue weighted by Crippen LogP contribution is 2.43. The van der Waals surface area contributed by atoms with Gasteiger partial charge in [0.05, 0.1) is 106 Å². The number of nitriles is 1. The summed E-state index contributed by atoms with van der Waals surface area (Å²) in [6, 6.07) is 84.1. The summed E-state index contributed by atoms with van der Waals surface area (Å²) in [7, 11) is 13.8. The summed E-state index contributed by atoms with van der Waals surface area (Å²) in [5, 5.41) is 43.2. The predicted molar refractivity (Wildman–Crippen MR) is 507 cm³/mol. The van der Waals surface area contributed by atoms with E-state index >= 15 is 0 Å². The van der Waals surface area contributed by atoms with Crippen molar-refractivity contribution < 1.29 is 76.7 Å². The molecule has 14 aromatic rings. The molecule has 0 aliphatic heterocycles. The van der Waals surface area contributed by atoms with Crippen LogP contribution in [-0.4, -0.2) is 89.0 Å². The number of aromatic hydroxyl groups is 2. The Morgan fingerprint density at radius 2 is 0.803 bits per heavy atom. The molecule has 668 valence electrons. The number of terminal acetylenes is 1. The Bertz CT molecular complexity index is 6260. The van der Waals surface area contributed by atoms with Gasteiger partial charge in [0.25, 0.3) is 11.4 Å². The van der Waals surface area contributed by atoms with Gasteiger partial charge in [0.15, 0.2) is 98.0 Å². The third kappa shape index (κ3) is 31.9. The Balaban J connectivity index is 0.000000213. The fourth-order valence-corrected chi connectivity index (χ4v) is 11.4. The molecule has 0 fully saturated rings. The molecule has 0 bridgehead atoms. The van der Waals surface area contributed by atoms with E-state index in [9.17, 15) is 15.2 Å². The number of fused-ring (bicyclic) bond motifs is 1. The molecule has 0 radical (unpaired) electrons. The molecule has 0 spiro atoms. The van der Waals surface area contributed by atoms with Crippen LogP contribution >= 0.6 is 0 Å². The minimum Gasteiger partial charge on any atom is -0.505 e. The van der Waals surface area contributed by atoms with E-state index in [1.807, 2.05) is 201 Å². The van der Waals surface area contributed by atoms with Crippen molar-refractivity contribution >= 4 is 62.2 Å². The van der Waals surface area contributed by atoms with Gasteiger partial charge in [-0.2, -0.15) is 5.26 Å². The summed E-state index contributed by atoms with van der Waals surface area (Å²) in [5.41, 5.74) is 16.1. The molecule has 0 amide bonds. The van der Waals surface area contributed by atoms with Crippen LogP contribution in [0.3, 0.4) is 0 Å². The molecule has 0 saturated heterocycles. The van der Waals surface area contributed by atoms with Crippen molar-refractivity contribution in [3.8, 4) is 105 Å². The van der Waals surface area contributed by atoms with E-state index < -0.39 is 4.92 Å².